The first-order chi connectivity index (χ1) is 11.1. The van der Waals surface area contributed by atoms with Crippen LogP contribution in [0.3, 0.4) is 0 Å². The molecule has 0 saturated carbocycles. The van der Waals surface area contributed by atoms with Crippen molar-refractivity contribution in [3.63, 3.8) is 0 Å². The highest BCUT2D eigenvalue weighted by molar-refractivity contribution is 6.31. The SMILES string of the molecule is CCOCCCNC(=O)c1nnc(Cc2c(F)cccc2Cl)o1. The largest absolute Gasteiger partial charge is 0.417 e. The maximum atomic E-state index is 13.7. The average Bonchev–Trinajstić information content (AvgIpc) is 2.99. The molecule has 23 heavy (non-hydrogen) atoms. The van der Waals surface area contributed by atoms with Crippen LogP contribution in [-0.2, 0) is 11.2 Å². The number of nitrogens with zero attached hydrogens (tertiary/aromatic N) is 2. The van der Waals surface area contributed by atoms with E-state index in [4.69, 9.17) is 20.8 Å². The molecular weight excluding hydrogens is 325 g/mol. The standard InChI is InChI=1S/C15H17ClFN3O3/c1-2-22-8-4-7-18-14(21)15-20-19-13(23-15)9-10-11(16)5-3-6-12(10)17/h3,5-6H,2,4,7-9H2,1H3,(H,18,21). The molecule has 0 bridgehead atoms. The van der Waals surface area contributed by atoms with Crippen LogP contribution in [0.1, 0.15) is 35.5 Å². The van der Waals surface area contributed by atoms with E-state index in [2.05, 4.69) is 15.5 Å². The van der Waals surface area contributed by atoms with Gasteiger partial charge in [-0.15, -0.1) is 10.2 Å². The maximum Gasteiger partial charge on any atom is 0.308 e. The van der Waals surface area contributed by atoms with Crippen molar-refractivity contribution in [1.82, 2.24) is 15.5 Å². The van der Waals surface area contributed by atoms with E-state index in [1.807, 2.05) is 6.92 Å². The average molecular weight is 342 g/mol. The second kappa shape index (κ2) is 8.59. The zero-order valence-corrected chi connectivity index (χ0v) is 13.4. The van der Waals surface area contributed by atoms with E-state index in [9.17, 15) is 9.18 Å². The first-order valence-electron chi connectivity index (χ1n) is 7.23. The normalized spacial score (nSPS) is 10.7. The van der Waals surface area contributed by atoms with Gasteiger partial charge in [-0.1, -0.05) is 17.7 Å². The molecule has 124 valence electrons. The molecule has 1 amide bonds. The third-order valence-corrected chi connectivity index (χ3v) is 3.36. The molecule has 2 aromatic rings. The minimum atomic E-state index is -0.472. The molecule has 0 fully saturated rings. The number of hydrogen-bond acceptors (Lipinski definition) is 5. The molecule has 1 N–H and O–H groups in total. The number of aromatic nitrogens is 2. The summed E-state index contributed by atoms with van der Waals surface area (Å²) < 4.78 is 24.1. The van der Waals surface area contributed by atoms with Crippen molar-refractivity contribution >= 4 is 17.5 Å². The Kier molecular flexibility index (Phi) is 6.49. The first-order valence-corrected chi connectivity index (χ1v) is 7.60. The van der Waals surface area contributed by atoms with E-state index >= 15 is 0 Å². The fraction of sp³-hybridized carbons (Fsp3) is 0.400. The van der Waals surface area contributed by atoms with Gasteiger partial charge in [-0.3, -0.25) is 4.79 Å². The summed E-state index contributed by atoms with van der Waals surface area (Å²) in [5.41, 5.74) is 0.251. The van der Waals surface area contributed by atoms with Crippen LogP contribution in [0, 0.1) is 5.82 Å². The molecular formula is C15H17ClFN3O3. The zero-order valence-electron chi connectivity index (χ0n) is 12.6. The van der Waals surface area contributed by atoms with Crippen molar-refractivity contribution in [3.8, 4) is 0 Å². The fourth-order valence-electron chi connectivity index (χ4n) is 1.87. The van der Waals surface area contributed by atoms with E-state index in [1.165, 1.54) is 12.1 Å². The van der Waals surface area contributed by atoms with Gasteiger partial charge in [0, 0.05) is 30.3 Å². The molecule has 2 rings (SSSR count). The predicted octanol–water partition coefficient (Wildman–Crippen LogP) is 2.61. The summed E-state index contributed by atoms with van der Waals surface area (Å²) in [7, 11) is 0. The van der Waals surface area contributed by atoms with Crippen LogP contribution >= 0.6 is 11.6 Å². The molecule has 1 aromatic heterocycles. The maximum absolute atomic E-state index is 13.7. The molecule has 0 saturated heterocycles. The van der Waals surface area contributed by atoms with Gasteiger partial charge in [-0.2, -0.15) is 0 Å². The number of carbonyl (C=O) groups is 1. The lowest BCUT2D eigenvalue weighted by Crippen LogP contribution is -2.25. The van der Waals surface area contributed by atoms with Crippen LogP contribution < -0.4 is 5.32 Å². The van der Waals surface area contributed by atoms with Gasteiger partial charge in [-0.05, 0) is 25.5 Å². The second-order valence-electron chi connectivity index (χ2n) is 4.68. The summed E-state index contributed by atoms with van der Waals surface area (Å²) in [6, 6.07) is 4.38. The smallest absolute Gasteiger partial charge is 0.308 e. The summed E-state index contributed by atoms with van der Waals surface area (Å²) in [5, 5.41) is 10.3. The molecule has 6 nitrogen and oxygen atoms in total. The Bertz CT molecular complexity index is 643. The molecule has 0 radical (unpaired) electrons. The Morgan fingerprint density at radius 2 is 2.26 bits per heavy atom. The summed E-state index contributed by atoms with van der Waals surface area (Å²) in [6.07, 6.45) is 0.710. The molecule has 1 aromatic carbocycles. The van der Waals surface area contributed by atoms with E-state index in [0.717, 1.165) is 0 Å². The van der Waals surface area contributed by atoms with Gasteiger partial charge in [0.25, 0.3) is 0 Å². The van der Waals surface area contributed by atoms with Gasteiger partial charge in [0.15, 0.2) is 0 Å². The summed E-state index contributed by atoms with van der Waals surface area (Å²) >= 11 is 5.94. The van der Waals surface area contributed by atoms with Crippen molar-refractivity contribution in [2.75, 3.05) is 19.8 Å². The Balaban J connectivity index is 1.91. The first kappa shape index (κ1) is 17.4. The van der Waals surface area contributed by atoms with Crippen LogP contribution in [0.2, 0.25) is 5.02 Å². The van der Waals surface area contributed by atoms with E-state index in [0.29, 0.717) is 26.2 Å². The van der Waals surface area contributed by atoms with Crippen molar-refractivity contribution < 1.29 is 18.3 Å². The quantitative estimate of drug-likeness (QED) is 0.747. The predicted molar refractivity (Wildman–Crippen MR) is 82.0 cm³/mol. The van der Waals surface area contributed by atoms with Crippen LogP contribution in [-0.4, -0.2) is 35.9 Å². The highest BCUT2D eigenvalue weighted by atomic mass is 35.5. The summed E-state index contributed by atoms with van der Waals surface area (Å²) in [6.45, 7) is 3.55. The van der Waals surface area contributed by atoms with E-state index in [-0.39, 0.29) is 28.8 Å². The molecule has 0 aliphatic heterocycles. The molecule has 0 spiro atoms. The zero-order chi connectivity index (χ0) is 16.7. The minimum absolute atomic E-state index is 0.0239. The lowest BCUT2D eigenvalue weighted by molar-refractivity contribution is 0.0908. The third-order valence-electron chi connectivity index (χ3n) is 3.01. The lowest BCUT2D eigenvalue weighted by atomic mass is 10.1. The minimum Gasteiger partial charge on any atom is -0.417 e. The summed E-state index contributed by atoms with van der Waals surface area (Å²) in [4.78, 5) is 11.8. The number of rotatable bonds is 8. The molecule has 0 unspecified atom stereocenters. The Morgan fingerprint density at radius 1 is 1.43 bits per heavy atom. The Hall–Kier alpha value is -1.99. The third kappa shape index (κ3) is 5.01. The molecule has 0 aliphatic carbocycles. The van der Waals surface area contributed by atoms with Gasteiger partial charge < -0.3 is 14.5 Å². The van der Waals surface area contributed by atoms with Crippen LogP contribution in [0.15, 0.2) is 22.6 Å². The van der Waals surface area contributed by atoms with Crippen molar-refractivity contribution in [1.29, 1.82) is 0 Å². The van der Waals surface area contributed by atoms with Gasteiger partial charge in [0.1, 0.15) is 5.82 Å². The van der Waals surface area contributed by atoms with Gasteiger partial charge in [-0.25, -0.2) is 4.39 Å². The van der Waals surface area contributed by atoms with Crippen LogP contribution in [0.4, 0.5) is 4.39 Å². The number of ether oxygens (including phenoxy) is 1. The van der Waals surface area contributed by atoms with E-state index in [1.54, 1.807) is 6.07 Å². The fourth-order valence-corrected chi connectivity index (χ4v) is 2.10. The Morgan fingerprint density at radius 3 is 3.00 bits per heavy atom. The van der Waals surface area contributed by atoms with E-state index < -0.39 is 11.7 Å². The lowest BCUT2D eigenvalue weighted by Gasteiger charge is -2.03. The number of amides is 1. The molecule has 0 aliphatic rings. The van der Waals surface area contributed by atoms with Gasteiger partial charge in [0.05, 0.1) is 6.42 Å². The number of nitrogens with one attached hydrogen (secondary N) is 1. The number of benzene rings is 1. The number of halogens is 2. The van der Waals surface area contributed by atoms with Crippen molar-refractivity contribution in [3.05, 3.63) is 46.4 Å². The molecule has 0 atom stereocenters. The number of carbonyl (C=O) groups excluding carboxylic acids is 1. The second-order valence-corrected chi connectivity index (χ2v) is 5.09. The number of hydrogen-bond donors (Lipinski definition) is 1. The van der Waals surface area contributed by atoms with Crippen molar-refractivity contribution in [2.24, 2.45) is 0 Å². The topological polar surface area (TPSA) is 77.2 Å². The Labute approximate surface area is 138 Å². The van der Waals surface area contributed by atoms with Gasteiger partial charge in [0.2, 0.25) is 5.89 Å². The highest BCUT2D eigenvalue weighted by Gasteiger charge is 2.16. The monoisotopic (exact) mass is 341 g/mol. The van der Waals surface area contributed by atoms with Gasteiger partial charge >= 0.3 is 11.8 Å². The van der Waals surface area contributed by atoms with Crippen LogP contribution in [0.5, 0.6) is 0 Å². The highest BCUT2D eigenvalue weighted by Crippen LogP contribution is 2.21. The molecule has 8 heteroatoms. The molecule has 1 heterocycles. The van der Waals surface area contributed by atoms with Crippen LogP contribution in [0.25, 0.3) is 0 Å². The summed E-state index contributed by atoms with van der Waals surface area (Å²) in [5.74, 6) is -0.974. The van der Waals surface area contributed by atoms with Crippen molar-refractivity contribution in [2.45, 2.75) is 19.8 Å².